The number of benzene rings is 1. The lowest BCUT2D eigenvalue weighted by Gasteiger charge is -2.25. The van der Waals surface area contributed by atoms with Crippen LogP contribution in [0.5, 0.6) is 0 Å². The van der Waals surface area contributed by atoms with E-state index in [0.29, 0.717) is 22.4 Å². The van der Waals surface area contributed by atoms with Crippen molar-refractivity contribution in [2.24, 2.45) is 17.8 Å². The number of nitrogens with one attached hydrogen (secondary N) is 2. The van der Waals surface area contributed by atoms with Gasteiger partial charge in [-0.1, -0.05) is 39.3 Å². The van der Waals surface area contributed by atoms with Crippen LogP contribution in [0.25, 0.3) is 0 Å². The summed E-state index contributed by atoms with van der Waals surface area (Å²) in [6.07, 6.45) is 1.22. The fourth-order valence-corrected chi connectivity index (χ4v) is 2.94. The van der Waals surface area contributed by atoms with Gasteiger partial charge in [0.2, 0.25) is 5.91 Å². The molecular formula is C18H24BrN2O4-. The van der Waals surface area contributed by atoms with Crippen molar-refractivity contribution in [3.8, 4) is 0 Å². The highest BCUT2D eigenvalue weighted by Gasteiger charge is 2.22. The molecule has 2 N–H and O–H groups in total. The van der Waals surface area contributed by atoms with Crippen molar-refractivity contribution in [2.45, 2.75) is 40.0 Å². The number of hydrogen-bond donors (Lipinski definition) is 2. The minimum atomic E-state index is -1.14. The van der Waals surface area contributed by atoms with Gasteiger partial charge >= 0.3 is 0 Å². The molecular weight excluding hydrogens is 388 g/mol. The molecule has 0 heterocycles. The number of carboxylic acids is 1. The Balaban J connectivity index is 2.53. The standard InChI is InChI=1S/C18H25BrN2O4/c1-11(2)8-9-13(18(24)25)12(3)10-16(22)20-21-17(23)14-6-4-5-7-15(14)19/h4-7,11-13H,8-10H2,1-3H3,(H,20,22)(H,21,23)(H,24,25)/p-1/t12-,13-/m1/s1. The quantitative estimate of drug-likeness (QED) is 0.639. The van der Waals surface area contributed by atoms with Gasteiger partial charge in [0.15, 0.2) is 0 Å². The lowest BCUT2D eigenvalue weighted by atomic mass is 9.85. The zero-order valence-electron chi connectivity index (χ0n) is 14.7. The van der Waals surface area contributed by atoms with Crippen LogP contribution >= 0.6 is 15.9 Å². The van der Waals surface area contributed by atoms with E-state index in [9.17, 15) is 19.5 Å². The molecule has 0 radical (unpaired) electrons. The number of rotatable bonds is 8. The van der Waals surface area contributed by atoms with Gasteiger partial charge in [-0.05, 0) is 46.3 Å². The predicted molar refractivity (Wildman–Crippen MR) is 96.1 cm³/mol. The highest BCUT2D eigenvalue weighted by molar-refractivity contribution is 9.10. The molecule has 0 unspecified atom stereocenters. The van der Waals surface area contributed by atoms with Crippen LogP contribution in [0.4, 0.5) is 0 Å². The lowest BCUT2D eigenvalue weighted by molar-refractivity contribution is -0.313. The fraction of sp³-hybridized carbons (Fsp3) is 0.500. The third-order valence-corrected chi connectivity index (χ3v) is 4.68. The summed E-state index contributed by atoms with van der Waals surface area (Å²) in [5.74, 6) is -2.73. The van der Waals surface area contributed by atoms with Gasteiger partial charge in [0.25, 0.3) is 5.91 Å². The van der Waals surface area contributed by atoms with Gasteiger partial charge in [0.05, 0.1) is 5.56 Å². The number of hydrazine groups is 1. The molecule has 1 aromatic rings. The van der Waals surface area contributed by atoms with Gasteiger partial charge in [-0.15, -0.1) is 0 Å². The van der Waals surface area contributed by atoms with Crippen LogP contribution in [0.1, 0.15) is 50.4 Å². The van der Waals surface area contributed by atoms with E-state index in [2.05, 4.69) is 26.8 Å². The van der Waals surface area contributed by atoms with Gasteiger partial charge < -0.3 is 9.90 Å². The smallest absolute Gasteiger partial charge is 0.270 e. The average molecular weight is 412 g/mol. The van der Waals surface area contributed by atoms with Crippen molar-refractivity contribution in [3.63, 3.8) is 0 Å². The third-order valence-electron chi connectivity index (χ3n) is 3.99. The maximum Gasteiger partial charge on any atom is 0.270 e. The average Bonchev–Trinajstić information content (AvgIpc) is 2.52. The number of hydrogen-bond acceptors (Lipinski definition) is 4. The van der Waals surface area contributed by atoms with Crippen molar-refractivity contribution >= 4 is 33.7 Å². The first kappa shape index (κ1) is 21.2. The Bertz CT molecular complexity index is 619. The van der Waals surface area contributed by atoms with E-state index in [4.69, 9.17) is 0 Å². The zero-order chi connectivity index (χ0) is 19.0. The number of amides is 2. The summed E-state index contributed by atoms with van der Waals surface area (Å²) in [5, 5.41) is 11.3. The van der Waals surface area contributed by atoms with Crippen LogP contribution < -0.4 is 16.0 Å². The topological polar surface area (TPSA) is 98.3 Å². The van der Waals surface area contributed by atoms with E-state index in [0.717, 1.165) is 6.42 Å². The molecule has 0 spiro atoms. The van der Waals surface area contributed by atoms with Crippen molar-refractivity contribution in [3.05, 3.63) is 34.3 Å². The molecule has 0 saturated heterocycles. The molecule has 0 aliphatic carbocycles. The normalized spacial score (nSPS) is 13.2. The van der Waals surface area contributed by atoms with Gasteiger partial charge in [0, 0.05) is 22.8 Å². The molecule has 6 nitrogen and oxygen atoms in total. The van der Waals surface area contributed by atoms with Gasteiger partial charge in [0.1, 0.15) is 0 Å². The van der Waals surface area contributed by atoms with Crippen LogP contribution in [-0.2, 0) is 9.59 Å². The van der Waals surface area contributed by atoms with Crippen molar-refractivity contribution in [2.75, 3.05) is 0 Å². The summed E-state index contributed by atoms with van der Waals surface area (Å²) in [7, 11) is 0. The van der Waals surface area contributed by atoms with Crippen molar-refractivity contribution in [1.82, 2.24) is 10.9 Å². The van der Waals surface area contributed by atoms with E-state index in [-0.39, 0.29) is 12.3 Å². The zero-order valence-corrected chi connectivity index (χ0v) is 16.3. The van der Waals surface area contributed by atoms with Crippen molar-refractivity contribution in [1.29, 1.82) is 0 Å². The van der Waals surface area contributed by atoms with Crippen LogP contribution in [-0.4, -0.2) is 17.8 Å². The Morgan fingerprint density at radius 1 is 1.08 bits per heavy atom. The van der Waals surface area contributed by atoms with Crippen LogP contribution in [0.2, 0.25) is 0 Å². The van der Waals surface area contributed by atoms with E-state index >= 15 is 0 Å². The molecule has 1 rings (SSSR count). The molecule has 0 aliphatic rings. The molecule has 0 saturated carbocycles. The van der Waals surface area contributed by atoms with Crippen LogP contribution in [0.15, 0.2) is 28.7 Å². The number of carboxylic acid groups (broad SMARTS) is 1. The molecule has 0 fully saturated rings. The minimum Gasteiger partial charge on any atom is -0.550 e. The highest BCUT2D eigenvalue weighted by Crippen LogP contribution is 2.22. The first-order valence-corrected chi connectivity index (χ1v) is 9.06. The first-order valence-electron chi connectivity index (χ1n) is 8.27. The van der Waals surface area contributed by atoms with E-state index in [1.54, 1.807) is 31.2 Å². The Morgan fingerprint density at radius 2 is 1.72 bits per heavy atom. The van der Waals surface area contributed by atoms with E-state index in [1.165, 1.54) is 0 Å². The van der Waals surface area contributed by atoms with E-state index in [1.807, 2.05) is 13.8 Å². The number of aliphatic carboxylic acids is 1. The van der Waals surface area contributed by atoms with Crippen LogP contribution in [0.3, 0.4) is 0 Å². The molecule has 2 atom stereocenters. The summed E-state index contributed by atoms with van der Waals surface area (Å²) in [6, 6.07) is 6.82. The summed E-state index contributed by atoms with van der Waals surface area (Å²) < 4.78 is 0.612. The Labute approximate surface area is 156 Å². The summed E-state index contributed by atoms with van der Waals surface area (Å²) in [6.45, 7) is 5.73. The van der Waals surface area contributed by atoms with Gasteiger partial charge in [-0.2, -0.15) is 0 Å². The summed E-state index contributed by atoms with van der Waals surface area (Å²) >= 11 is 3.26. The van der Waals surface area contributed by atoms with E-state index < -0.39 is 23.7 Å². The highest BCUT2D eigenvalue weighted by atomic mass is 79.9. The SMILES string of the molecule is CC(C)CC[C@@H](C(=O)[O-])[C@H](C)CC(=O)NNC(=O)c1ccccc1Br. The Hall–Kier alpha value is -1.89. The molecule has 25 heavy (non-hydrogen) atoms. The molecule has 7 heteroatoms. The lowest BCUT2D eigenvalue weighted by Crippen LogP contribution is -2.43. The largest absolute Gasteiger partial charge is 0.550 e. The number of carbonyl (C=O) groups excluding carboxylic acids is 3. The van der Waals surface area contributed by atoms with Gasteiger partial charge in [-0.25, -0.2) is 0 Å². The fourth-order valence-electron chi connectivity index (χ4n) is 2.47. The Morgan fingerprint density at radius 3 is 2.28 bits per heavy atom. The van der Waals surface area contributed by atoms with Crippen molar-refractivity contribution < 1.29 is 19.5 Å². The summed E-state index contributed by atoms with van der Waals surface area (Å²) in [4.78, 5) is 35.3. The first-order chi connectivity index (χ1) is 11.7. The molecule has 1 aromatic carbocycles. The second-order valence-corrected chi connectivity index (χ2v) is 7.41. The summed E-state index contributed by atoms with van der Waals surface area (Å²) in [5.41, 5.74) is 5.05. The molecule has 138 valence electrons. The minimum absolute atomic E-state index is 0.00696. The second kappa shape index (κ2) is 10.2. The third kappa shape index (κ3) is 7.25. The van der Waals surface area contributed by atoms with Crippen LogP contribution in [0, 0.1) is 17.8 Å². The van der Waals surface area contributed by atoms with Gasteiger partial charge in [-0.3, -0.25) is 20.4 Å². The molecule has 0 aliphatic heterocycles. The monoisotopic (exact) mass is 411 g/mol. The Kier molecular flexibility index (Phi) is 8.61. The number of halogens is 1. The molecule has 0 aromatic heterocycles. The molecule has 0 bridgehead atoms. The molecule has 2 amide bonds. The number of carbonyl (C=O) groups is 3. The predicted octanol–water partition coefficient (Wildman–Crippen LogP) is 2.04. The maximum atomic E-state index is 12.0. The second-order valence-electron chi connectivity index (χ2n) is 6.56. The maximum absolute atomic E-state index is 12.0.